The summed E-state index contributed by atoms with van der Waals surface area (Å²) in [5.41, 5.74) is 14.3. The number of nitrogens with two attached hydrogens (primary N) is 1. The molecule has 0 atom stereocenters. The summed E-state index contributed by atoms with van der Waals surface area (Å²) in [7, 11) is 0. The van der Waals surface area contributed by atoms with Gasteiger partial charge >= 0.3 is 0 Å². The number of aromatic amines is 2. The number of nitrogens with one attached hydrogen (secondary N) is 2. The highest BCUT2D eigenvalue weighted by molar-refractivity contribution is 6.00. The fraction of sp³-hybridized carbons (Fsp3) is 0.0385. The molecule has 0 spiro atoms. The van der Waals surface area contributed by atoms with E-state index in [-0.39, 0.29) is 5.82 Å². The molecule has 0 aliphatic carbocycles. The molecule has 4 heterocycles. The van der Waals surface area contributed by atoms with Gasteiger partial charge < -0.3 is 10.7 Å². The molecule has 0 amide bonds. The molecule has 0 saturated heterocycles. The zero-order chi connectivity index (χ0) is 22.5. The Morgan fingerprint density at radius 2 is 1.79 bits per heavy atom. The van der Waals surface area contributed by atoms with Gasteiger partial charge in [0.1, 0.15) is 17.2 Å². The summed E-state index contributed by atoms with van der Waals surface area (Å²) in [5, 5.41) is 9.53. The van der Waals surface area contributed by atoms with Crippen LogP contribution in [0.25, 0.3) is 55.6 Å². The first kappa shape index (κ1) is 19.2. The molecular weight excluding hydrogens is 415 g/mol. The predicted molar refractivity (Wildman–Crippen MR) is 129 cm³/mol. The number of H-pyrrole nitrogens is 2. The number of aromatic nitrogens is 5. The smallest absolute Gasteiger partial charge is 0.138 e. The molecule has 0 bridgehead atoms. The van der Waals surface area contributed by atoms with Crippen molar-refractivity contribution in [1.29, 1.82) is 0 Å². The number of halogens is 1. The lowest BCUT2D eigenvalue weighted by Crippen LogP contribution is -1.87. The van der Waals surface area contributed by atoms with Crippen molar-refractivity contribution < 1.29 is 4.39 Å². The molecule has 0 aliphatic heterocycles. The van der Waals surface area contributed by atoms with Crippen LogP contribution in [0.4, 0.5) is 10.1 Å². The summed E-state index contributed by atoms with van der Waals surface area (Å²) in [4.78, 5) is 12.1. The number of hydrogen-bond acceptors (Lipinski definition) is 4. The average Bonchev–Trinajstić information content (AvgIpc) is 3.41. The molecule has 160 valence electrons. The third-order valence-corrected chi connectivity index (χ3v) is 5.80. The molecule has 4 aromatic heterocycles. The summed E-state index contributed by atoms with van der Waals surface area (Å²) >= 11 is 0. The zero-order valence-corrected chi connectivity index (χ0v) is 17.7. The second-order valence-corrected chi connectivity index (χ2v) is 8.16. The summed E-state index contributed by atoms with van der Waals surface area (Å²) < 4.78 is 14.1. The number of benzene rings is 2. The topological polar surface area (TPSA) is 96.3 Å². The molecule has 0 saturated carbocycles. The maximum atomic E-state index is 14.1. The first-order valence-electron chi connectivity index (χ1n) is 10.5. The maximum absolute atomic E-state index is 14.1. The van der Waals surface area contributed by atoms with Crippen molar-refractivity contribution in [2.24, 2.45) is 0 Å². The number of aryl methyl sites for hydroxylation is 1. The van der Waals surface area contributed by atoms with Crippen LogP contribution in [0.15, 0.2) is 73.2 Å². The molecule has 6 rings (SSSR count). The largest absolute Gasteiger partial charge is 0.397 e. The molecule has 6 nitrogen and oxygen atoms in total. The minimum atomic E-state index is -0.257. The SMILES string of the molecule is Cc1cc(F)cc(-c2ccnc3[nH]c(-c4n[nH]c5ccc(-c6cncc(N)c6)cc45)cc23)c1. The lowest BCUT2D eigenvalue weighted by Gasteiger charge is -2.05. The second-order valence-electron chi connectivity index (χ2n) is 8.16. The van der Waals surface area contributed by atoms with E-state index in [9.17, 15) is 4.39 Å². The van der Waals surface area contributed by atoms with Crippen LogP contribution in [0.2, 0.25) is 0 Å². The third kappa shape index (κ3) is 3.30. The van der Waals surface area contributed by atoms with Crippen LogP contribution in [-0.2, 0) is 0 Å². The highest BCUT2D eigenvalue weighted by Gasteiger charge is 2.15. The van der Waals surface area contributed by atoms with E-state index in [0.29, 0.717) is 5.69 Å². The molecular formula is C26H19FN6. The van der Waals surface area contributed by atoms with E-state index in [1.165, 1.54) is 6.07 Å². The first-order chi connectivity index (χ1) is 16.0. The number of nitrogen functional groups attached to an aromatic ring is 1. The fourth-order valence-corrected chi connectivity index (χ4v) is 4.31. The number of pyridine rings is 2. The number of nitrogens with zero attached hydrogens (tertiary/aromatic N) is 3. The van der Waals surface area contributed by atoms with Gasteiger partial charge in [0.05, 0.1) is 16.9 Å². The fourth-order valence-electron chi connectivity index (χ4n) is 4.31. The Hall–Kier alpha value is -4.52. The van der Waals surface area contributed by atoms with Crippen molar-refractivity contribution >= 4 is 27.6 Å². The van der Waals surface area contributed by atoms with Crippen LogP contribution >= 0.6 is 0 Å². The van der Waals surface area contributed by atoms with E-state index in [0.717, 1.165) is 61.1 Å². The predicted octanol–water partition coefficient (Wildman–Crippen LogP) is 5.86. The molecule has 6 aromatic rings. The highest BCUT2D eigenvalue weighted by Crippen LogP contribution is 2.35. The summed E-state index contributed by atoms with van der Waals surface area (Å²) in [5.74, 6) is -0.257. The van der Waals surface area contributed by atoms with Crippen molar-refractivity contribution in [1.82, 2.24) is 25.1 Å². The van der Waals surface area contributed by atoms with E-state index in [1.807, 2.05) is 43.3 Å². The van der Waals surface area contributed by atoms with E-state index < -0.39 is 0 Å². The van der Waals surface area contributed by atoms with Crippen LogP contribution in [0, 0.1) is 12.7 Å². The van der Waals surface area contributed by atoms with Gasteiger partial charge in [0.25, 0.3) is 0 Å². The van der Waals surface area contributed by atoms with Crippen molar-refractivity contribution in [3.05, 3.63) is 84.6 Å². The van der Waals surface area contributed by atoms with Crippen molar-refractivity contribution in [3.8, 4) is 33.6 Å². The van der Waals surface area contributed by atoms with Gasteiger partial charge in [0, 0.05) is 34.9 Å². The standard InChI is InChI=1S/C26H19FN6/c1-14-6-16(8-18(27)7-14)20-4-5-30-26-21(20)11-24(31-26)25-22-10-15(2-3-23(22)32-33-25)17-9-19(28)13-29-12-17/h2-13H,28H2,1H3,(H,30,31)(H,32,33). The Kier molecular flexibility index (Phi) is 4.23. The van der Waals surface area contributed by atoms with Gasteiger partial charge in [-0.15, -0.1) is 0 Å². The molecule has 0 fully saturated rings. The van der Waals surface area contributed by atoms with Gasteiger partial charge in [-0.1, -0.05) is 12.1 Å². The molecule has 2 aromatic carbocycles. The summed E-state index contributed by atoms with van der Waals surface area (Å²) in [6.07, 6.45) is 5.14. The monoisotopic (exact) mass is 434 g/mol. The molecule has 33 heavy (non-hydrogen) atoms. The molecule has 0 aliphatic rings. The minimum Gasteiger partial charge on any atom is -0.397 e. The Morgan fingerprint density at radius 3 is 2.64 bits per heavy atom. The van der Waals surface area contributed by atoms with E-state index in [1.54, 1.807) is 24.7 Å². The Labute approximate surface area is 188 Å². The number of rotatable bonds is 3. The van der Waals surface area contributed by atoms with Crippen molar-refractivity contribution in [2.45, 2.75) is 6.92 Å². The first-order valence-corrected chi connectivity index (χ1v) is 10.5. The van der Waals surface area contributed by atoms with Crippen LogP contribution in [0.3, 0.4) is 0 Å². The van der Waals surface area contributed by atoms with Gasteiger partial charge in [-0.25, -0.2) is 9.37 Å². The highest BCUT2D eigenvalue weighted by atomic mass is 19.1. The lowest BCUT2D eigenvalue weighted by atomic mass is 10.0. The van der Waals surface area contributed by atoms with Crippen LogP contribution < -0.4 is 5.73 Å². The quantitative estimate of drug-likeness (QED) is 0.325. The average molecular weight is 434 g/mol. The van der Waals surface area contributed by atoms with Gasteiger partial charge in [-0.3, -0.25) is 10.1 Å². The number of anilines is 1. The molecule has 0 radical (unpaired) electrons. The zero-order valence-electron chi connectivity index (χ0n) is 17.7. The maximum Gasteiger partial charge on any atom is 0.138 e. The van der Waals surface area contributed by atoms with Crippen molar-refractivity contribution in [2.75, 3.05) is 5.73 Å². The second kappa shape index (κ2) is 7.27. The van der Waals surface area contributed by atoms with E-state index >= 15 is 0 Å². The van der Waals surface area contributed by atoms with Crippen LogP contribution in [-0.4, -0.2) is 25.1 Å². The van der Waals surface area contributed by atoms with Crippen LogP contribution in [0.1, 0.15) is 5.56 Å². The van der Waals surface area contributed by atoms with Gasteiger partial charge in [0.15, 0.2) is 0 Å². The number of hydrogen-bond donors (Lipinski definition) is 3. The minimum absolute atomic E-state index is 0.257. The third-order valence-electron chi connectivity index (χ3n) is 5.80. The molecule has 7 heteroatoms. The Bertz CT molecular complexity index is 1640. The molecule has 4 N–H and O–H groups in total. The normalized spacial score (nSPS) is 11.5. The van der Waals surface area contributed by atoms with Gasteiger partial charge in [-0.2, -0.15) is 5.10 Å². The molecule has 0 unspecified atom stereocenters. The Balaban J connectivity index is 1.51. The van der Waals surface area contributed by atoms with E-state index in [2.05, 4.69) is 31.2 Å². The Morgan fingerprint density at radius 1 is 0.879 bits per heavy atom. The summed E-state index contributed by atoms with van der Waals surface area (Å²) in [6, 6.07) is 16.9. The van der Waals surface area contributed by atoms with Gasteiger partial charge in [-0.05, 0) is 71.6 Å². The number of fused-ring (bicyclic) bond motifs is 2. The van der Waals surface area contributed by atoms with Gasteiger partial charge in [0.2, 0.25) is 0 Å². The van der Waals surface area contributed by atoms with Crippen molar-refractivity contribution in [3.63, 3.8) is 0 Å². The van der Waals surface area contributed by atoms with E-state index in [4.69, 9.17) is 5.73 Å². The lowest BCUT2D eigenvalue weighted by molar-refractivity contribution is 0.627. The summed E-state index contributed by atoms with van der Waals surface area (Å²) in [6.45, 7) is 1.89. The van der Waals surface area contributed by atoms with Crippen LogP contribution in [0.5, 0.6) is 0 Å².